The van der Waals surface area contributed by atoms with Crippen LogP contribution in [0.2, 0.25) is 10.0 Å². The van der Waals surface area contributed by atoms with Crippen molar-refractivity contribution < 1.29 is 12.6 Å². The van der Waals surface area contributed by atoms with Crippen molar-refractivity contribution in [2.24, 2.45) is 0 Å². The summed E-state index contributed by atoms with van der Waals surface area (Å²) in [6.45, 7) is 0.914. The third-order valence-corrected chi connectivity index (χ3v) is 5.79. The molecule has 1 aromatic carbocycles. The van der Waals surface area contributed by atoms with Crippen LogP contribution in [0.4, 0.5) is 0 Å². The summed E-state index contributed by atoms with van der Waals surface area (Å²) in [5.74, 6) is 0.0240. The number of hydrogen-bond acceptors (Lipinski definition) is 4. The van der Waals surface area contributed by atoms with Crippen LogP contribution in [0.25, 0.3) is 10.9 Å². The molecule has 0 bridgehead atoms. The molecular weight excluding hydrogens is 359 g/mol. The Morgan fingerprint density at radius 2 is 1.78 bits per heavy atom. The minimum absolute atomic E-state index is 0.0240. The Hall–Kier alpha value is -1.08. The number of nitrogens with zero attached hydrogens (tertiary/aromatic N) is 2. The lowest BCUT2D eigenvalue weighted by Gasteiger charge is -2.20. The first-order valence-electron chi connectivity index (χ1n) is 7.41. The summed E-state index contributed by atoms with van der Waals surface area (Å²) in [4.78, 5) is 4.17. The maximum atomic E-state index is 12.6. The Morgan fingerprint density at radius 1 is 1.09 bits per heavy atom. The zero-order chi connectivity index (χ0) is 16.4. The third kappa shape index (κ3) is 3.55. The Balaban J connectivity index is 2.00. The van der Waals surface area contributed by atoms with Crippen molar-refractivity contribution >= 4 is 44.4 Å². The van der Waals surface area contributed by atoms with Crippen LogP contribution in [0.15, 0.2) is 24.4 Å². The molecule has 0 N–H and O–H groups in total. The van der Waals surface area contributed by atoms with E-state index in [2.05, 4.69) is 4.98 Å². The van der Waals surface area contributed by atoms with E-state index in [9.17, 15) is 8.42 Å². The molecule has 2 aromatic rings. The van der Waals surface area contributed by atoms with Gasteiger partial charge in [0, 0.05) is 24.7 Å². The zero-order valence-electron chi connectivity index (χ0n) is 12.3. The monoisotopic (exact) mass is 374 g/mol. The maximum Gasteiger partial charge on any atom is 0.385 e. The van der Waals surface area contributed by atoms with Gasteiger partial charge in [0.1, 0.15) is 5.52 Å². The van der Waals surface area contributed by atoms with Crippen LogP contribution in [0.1, 0.15) is 25.7 Å². The maximum absolute atomic E-state index is 12.6. The van der Waals surface area contributed by atoms with E-state index in [1.165, 1.54) is 10.4 Å². The van der Waals surface area contributed by atoms with Gasteiger partial charge in [-0.05, 0) is 31.0 Å². The van der Waals surface area contributed by atoms with Gasteiger partial charge < -0.3 is 4.18 Å². The average Bonchev–Trinajstić information content (AvgIpc) is 2.81. The van der Waals surface area contributed by atoms with E-state index in [4.69, 9.17) is 27.4 Å². The highest BCUT2D eigenvalue weighted by molar-refractivity contribution is 7.84. The van der Waals surface area contributed by atoms with Crippen LogP contribution in [0.5, 0.6) is 5.75 Å². The van der Waals surface area contributed by atoms with Gasteiger partial charge in [-0.1, -0.05) is 36.0 Å². The first-order chi connectivity index (χ1) is 11.0. The molecule has 2 heterocycles. The van der Waals surface area contributed by atoms with Gasteiger partial charge in [-0.15, -0.1) is 0 Å². The van der Waals surface area contributed by atoms with Gasteiger partial charge in [0.25, 0.3) is 0 Å². The van der Waals surface area contributed by atoms with Crippen LogP contribution >= 0.6 is 23.2 Å². The van der Waals surface area contributed by atoms with Crippen LogP contribution in [0.3, 0.4) is 0 Å². The number of pyridine rings is 1. The molecule has 0 unspecified atom stereocenters. The highest BCUT2D eigenvalue weighted by Crippen LogP contribution is 2.38. The summed E-state index contributed by atoms with van der Waals surface area (Å²) >= 11 is 12.3. The number of benzene rings is 1. The molecule has 3 rings (SSSR count). The normalized spacial score (nSPS) is 17.1. The molecule has 1 aromatic heterocycles. The quantitative estimate of drug-likeness (QED) is 0.813. The van der Waals surface area contributed by atoms with Crippen LogP contribution in [-0.2, 0) is 10.3 Å². The molecule has 23 heavy (non-hydrogen) atoms. The van der Waals surface area contributed by atoms with E-state index in [0.29, 0.717) is 29.0 Å². The Bertz CT molecular complexity index is 819. The van der Waals surface area contributed by atoms with E-state index in [-0.39, 0.29) is 10.8 Å². The highest BCUT2D eigenvalue weighted by atomic mass is 35.5. The Kier molecular flexibility index (Phi) is 4.96. The van der Waals surface area contributed by atoms with Crippen molar-refractivity contribution in [1.82, 2.24) is 9.29 Å². The van der Waals surface area contributed by atoms with Crippen molar-refractivity contribution in [3.05, 3.63) is 34.4 Å². The van der Waals surface area contributed by atoms with E-state index in [1.54, 1.807) is 18.3 Å². The molecular formula is C15H16Cl2N2O3S. The number of fused-ring (bicyclic) bond motifs is 1. The van der Waals surface area contributed by atoms with Gasteiger partial charge in [0.05, 0.1) is 10.0 Å². The van der Waals surface area contributed by atoms with Crippen LogP contribution in [-0.4, -0.2) is 30.8 Å². The fraction of sp³-hybridized carbons (Fsp3) is 0.400. The fourth-order valence-electron chi connectivity index (χ4n) is 2.65. The van der Waals surface area contributed by atoms with E-state index in [0.717, 1.165) is 25.7 Å². The summed E-state index contributed by atoms with van der Waals surface area (Å²) in [5, 5.41) is 1.12. The van der Waals surface area contributed by atoms with E-state index in [1.807, 2.05) is 0 Å². The lowest BCUT2D eigenvalue weighted by Crippen LogP contribution is -2.35. The number of aromatic nitrogens is 1. The lowest BCUT2D eigenvalue weighted by molar-refractivity contribution is 0.364. The lowest BCUT2D eigenvalue weighted by atomic mass is 10.2. The van der Waals surface area contributed by atoms with Crippen molar-refractivity contribution in [2.45, 2.75) is 25.7 Å². The predicted octanol–water partition coefficient (Wildman–Crippen LogP) is 4.04. The Morgan fingerprint density at radius 3 is 2.48 bits per heavy atom. The summed E-state index contributed by atoms with van der Waals surface area (Å²) in [6, 6.07) is 4.93. The van der Waals surface area contributed by atoms with Gasteiger partial charge in [-0.3, -0.25) is 4.98 Å². The zero-order valence-corrected chi connectivity index (χ0v) is 14.7. The standard InChI is InChI=1S/C15H16Cl2N2O3S/c16-12-10-13(17)15(14-11(12)6-5-7-18-14)22-23(20,21)19-8-3-1-2-4-9-19/h5-7,10H,1-4,8-9H2. The van der Waals surface area contributed by atoms with Crippen LogP contribution < -0.4 is 4.18 Å². The second-order valence-electron chi connectivity index (χ2n) is 5.42. The van der Waals surface area contributed by atoms with Gasteiger partial charge in [0.2, 0.25) is 0 Å². The van der Waals surface area contributed by atoms with Crippen molar-refractivity contribution in [2.75, 3.05) is 13.1 Å². The summed E-state index contributed by atoms with van der Waals surface area (Å²) in [7, 11) is -3.92. The molecule has 1 aliphatic heterocycles. The molecule has 0 saturated carbocycles. The second kappa shape index (κ2) is 6.81. The van der Waals surface area contributed by atoms with Crippen molar-refractivity contribution in [3.63, 3.8) is 0 Å². The summed E-state index contributed by atoms with van der Waals surface area (Å²) in [5.41, 5.74) is 0.336. The minimum Gasteiger partial charge on any atom is -0.367 e. The van der Waals surface area contributed by atoms with Crippen LogP contribution in [0, 0.1) is 0 Å². The third-order valence-electron chi connectivity index (χ3n) is 3.82. The van der Waals surface area contributed by atoms with E-state index >= 15 is 0 Å². The highest BCUT2D eigenvalue weighted by Gasteiger charge is 2.27. The molecule has 124 valence electrons. The van der Waals surface area contributed by atoms with Gasteiger partial charge in [-0.25, -0.2) is 0 Å². The molecule has 0 atom stereocenters. The first kappa shape index (κ1) is 16.8. The van der Waals surface area contributed by atoms with Gasteiger partial charge in [-0.2, -0.15) is 12.7 Å². The molecule has 1 saturated heterocycles. The fourth-order valence-corrected chi connectivity index (χ4v) is 4.44. The Labute approximate surface area is 145 Å². The average molecular weight is 375 g/mol. The summed E-state index contributed by atoms with van der Waals surface area (Å²) in [6.07, 6.45) is 5.25. The molecule has 1 fully saturated rings. The first-order valence-corrected chi connectivity index (χ1v) is 9.53. The smallest absolute Gasteiger partial charge is 0.367 e. The number of halogens is 2. The molecule has 8 heteroatoms. The van der Waals surface area contributed by atoms with Gasteiger partial charge >= 0.3 is 10.3 Å². The molecule has 0 radical (unpaired) electrons. The minimum atomic E-state index is -3.92. The SMILES string of the molecule is O=S(=O)(Oc1c(Cl)cc(Cl)c2cccnc12)N1CCCCCC1. The van der Waals surface area contributed by atoms with Crippen molar-refractivity contribution in [3.8, 4) is 5.75 Å². The van der Waals surface area contributed by atoms with E-state index < -0.39 is 10.3 Å². The molecule has 0 amide bonds. The van der Waals surface area contributed by atoms with Crippen molar-refractivity contribution in [1.29, 1.82) is 0 Å². The molecule has 0 aliphatic carbocycles. The molecule has 1 aliphatic rings. The van der Waals surface area contributed by atoms with Gasteiger partial charge in [0.15, 0.2) is 5.75 Å². The predicted molar refractivity (Wildman–Crippen MR) is 91.4 cm³/mol. The molecule has 5 nitrogen and oxygen atoms in total. The summed E-state index contributed by atoms with van der Waals surface area (Å²) < 4.78 is 31.8. The molecule has 0 spiro atoms. The second-order valence-corrected chi connectivity index (χ2v) is 7.78. The number of hydrogen-bond donors (Lipinski definition) is 0. The largest absolute Gasteiger partial charge is 0.385 e. The number of rotatable bonds is 3. The topological polar surface area (TPSA) is 59.5 Å².